The van der Waals surface area contributed by atoms with Crippen LogP contribution in [0, 0.1) is 6.92 Å². The van der Waals surface area contributed by atoms with Gasteiger partial charge in [0.05, 0.1) is 4.47 Å². The molecule has 0 unspecified atom stereocenters. The van der Waals surface area contributed by atoms with Crippen molar-refractivity contribution in [2.24, 2.45) is 0 Å². The van der Waals surface area contributed by atoms with Crippen LogP contribution in [0.2, 0.25) is 0 Å². The zero-order valence-corrected chi connectivity index (χ0v) is 13.1. The van der Waals surface area contributed by atoms with Gasteiger partial charge in [-0.2, -0.15) is 5.10 Å². The van der Waals surface area contributed by atoms with E-state index < -0.39 is 5.97 Å². The van der Waals surface area contributed by atoms with Crippen molar-refractivity contribution < 1.29 is 14.6 Å². The number of rotatable bonds is 4. The molecule has 0 radical (unpaired) electrons. The standard InChI is InChI=1S/C12H10Br2N2O3/c1-6-11(12(17)18)9(16-15-6)5-19-10-3-2-7(13)4-8(10)14/h2-4H,5H2,1H3,(H,15,16)(H,17,18). The summed E-state index contributed by atoms with van der Waals surface area (Å²) in [4.78, 5) is 11.1. The molecule has 2 rings (SSSR count). The van der Waals surface area contributed by atoms with Crippen LogP contribution < -0.4 is 4.74 Å². The number of ether oxygens (including phenoxy) is 1. The number of benzene rings is 1. The lowest BCUT2D eigenvalue weighted by Gasteiger charge is -2.07. The van der Waals surface area contributed by atoms with Gasteiger partial charge < -0.3 is 9.84 Å². The predicted octanol–water partition coefficient (Wildman–Crippen LogP) is 3.52. The molecule has 2 N–H and O–H groups in total. The normalized spacial score (nSPS) is 10.5. The molecule has 0 aliphatic carbocycles. The van der Waals surface area contributed by atoms with Gasteiger partial charge in [-0.3, -0.25) is 5.10 Å². The van der Waals surface area contributed by atoms with Gasteiger partial charge in [0, 0.05) is 10.2 Å². The van der Waals surface area contributed by atoms with Gasteiger partial charge in [0.25, 0.3) is 0 Å². The first-order valence-corrected chi connectivity index (χ1v) is 6.92. The average Bonchev–Trinajstić information content (AvgIpc) is 2.69. The van der Waals surface area contributed by atoms with E-state index in [1.165, 1.54) is 0 Å². The third-order valence-electron chi connectivity index (χ3n) is 2.49. The maximum absolute atomic E-state index is 11.1. The molecule has 7 heteroatoms. The molecule has 0 bridgehead atoms. The highest BCUT2D eigenvalue weighted by atomic mass is 79.9. The quantitative estimate of drug-likeness (QED) is 0.838. The number of aryl methyl sites for hydroxylation is 1. The Kier molecular flexibility index (Phi) is 4.26. The summed E-state index contributed by atoms with van der Waals surface area (Å²) < 4.78 is 7.28. The highest BCUT2D eigenvalue weighted by Gasteiger charge is 2.17. The lowest BCUT2D eigenvalue weighted by atomic mass is 10.2. The van der Waals surface area contributed by atoms with E-state index in [1.54, 1.807) is 13.0 Å². The van der Waals surface area contributed by atoms with Crippen LogP contribution in [-0.2, 0) is 6.61 Å². The van der Waals surface area contributed by atoms with E-state index in [1.807, 2.05) is 12.1 Å². The minimum atomic E-state index is -1.01. The van der Waals surface area contributed by atoms with Crippen LogP contribution in [-0.4, -0.2) is 21.3 Å². The summed E-state index contributed by atoms with van der Waals surface area (Å²) in [6.07, 6.45) is 0. The van der Waals surface area contributed by atoms with Crippen LogP contribution in [0.25, 0.3) is 0 Å². The number of hydrogen-bond acceptors (Lipinski definition) is 3. The fourth-order valence-electron chi connectivity index (χ4n) is 1.61. The Morgan fingerprint density at radius 2 is 2.21 bits per heavy atom. The van der Waals surface area contributed by atoms with Gasteiger partial charge in [-0.05, 0) is 41.1 Å². The van der Waals surface area contributed by atoms with Crippen molar-refractivity contribution in [2.75, 3.05) is 0 Å². The maximum Gasteiger partial charge on any atom is 0.339 e. The van der Waals surface area contributed by atoms with Gasteiger partial charge in [0.2, 0.25) is 0 Å². The summed E-state index contributed by atoms with van der Waals surface area (Å²) in [7, 11) is 0. The monoisotopic (exact) mass is 388 g/mol. The number of carboxylic acids is 1. The predicted molar refractivity (Wildman–Crippen MR) is 76.5 cm³/mol. The van der Waals surface area contributed by atoms with Crippen LogP contribution in [0.1, 0.15) is 21.7 Å². The molecule has 0 saturated carbocycles. The molecule has 5 nitrogen and oxygen atoms in total. The molecule has 0 saturated heterocycles. The van der Waals surface area contributed by atoms with Crippen molar-refractivity contribution >= 4 is 37.8 Å². The minimum Gasteiger partial charge on any atom is -0.486 e. The first-order valence-electron chi connectivity index (χ1n) is 5.34. The van der Waals surface area contributed by atoms with Gasteiger partial charge in [-0.1, -0.05) is 15.9 Å². The Morgan fingerprint density at radius 1 is 1.47 bits per heavy atom. The number of nitrogens with one attached hydrogen (secondary N) is 1. The molecule has 0 spiro atoms. The summed E-state index contributed by atoms with van der Waals surface area (Å²) >= 11 is 6.72. The van der Waals surface area contributed by atoms with E-state index in [4.69, 9.17) is 9.84 Å². The van der Waals surface area contributed by atoms with Gasteiger partial charge in [0.15, 0.2) is 0 Å². The fourth-order valence-corrected chi connectivity index (χ4v) is 2.77. The first kappa shape index (κ1) is 14.1. The van der Waals surface area contributed by atoms with Crippen LogP contribution in [0.15, 0.2) is 27.1 Å². The van der Waals surface area contributed by atoms with Crippen molar-refractivity contribution in [3.63, 3.8) is 0 Å². The van der Waals surface area contributed by atoms with Gasteiger partial charge in [-0.25, -0.2) is 4.79 Å². The summed E-state index contributed by atoms with van der Waals surface area (Å²) in [6.45, 7) is 1.75. The number of H-pyrrole nitrogens is 1. The van der Waals surface area contributed by atoms with Crippen molar-refractivity contribution in [1.29, 1.82) is 0 Å². The molecule has 19 heavy (non-hydrogen) atoms. The highest BCUT2D eigenvalue weighted by Crippen LogP contribution is 2.29. The molecular formula is C12H10Br2N2O3. The number of aromatic amines is 1. The van der Waals surface area contributed by atoms with Crippen molar-refractivity contribution in [2.45, 2.75) is 13.5 Å². The molecule has 1 heterocycles. The van der Waals surface area contributed by atoms with E-state index in [9.17, 15) is 4.79 Å². The zero-order chi connectivity index (χ0) is 14.0. The van der Waals surface area contributed by atoms with Gasteiger partial charge in [0.1, 0.15) is 23.6 Å². The Morgan fingerprint density at radius 3 is 2.84 bits per heavy atom. The second-order valence-corrected chi connectivity index (χ2v) is 5.61. The third-order valence-corrected chi connectivity index (χ3v) is 3.61. The summed E-state index contributed by atoms with van der Waals surface area (Å²) in [6, 6.07) is 5.48. The molecule has 1 aromatic heterocycles. The second-order valence-electron chi connectivity index (χ2n) is 3.84. The summed E-state index contributed by atoms with van der Waals surface area (Å²) in [5, 5.41) is 15.7. The SMILES string of the molecule is Cc1[nH]nc(COc2ccc(Br)cc2Br)c1C(=O)O. The molecule has 1 aromatic carbocycles. The number of halogens is 2. The second kappa shape index (κ2) is 5.75. The van der Waals surface area contributed by atoms with Gasteiger partial charge >= 0.3 is 5.97 Å². The molecule has 100 valence electrons. The van der Waals surface area contributed by atoms with Crippen LogP contribution in [0.3, 0.4) is 0 Å². The largest absolute Gasteiger partial charge is 0.486 e. The minimum absolute atomic E-state index is 0.0895. The average molecular weight is 390 g/mol. The number of carboxylic acid groups (broad SMARTS) is 1. The molecule has 0 aliphatic rings. The van der Waals surface area contributed by atoms with Crippen LogP contribution >= 0.6 is 31.9 Å². The molecule has 0 atom stereocenters. The van der Waals surface area contributed by atoms with Crippen LogP contribution in [0.5, 0.6) is 5.75 Å². The van der Waals surface area contributed by atoms with E-state index in [0.717, 1.165) is 8.95 Å². The summed E-state index contributed by atoms with van der Waals surface area (Å²) in [5.74, 6) is -0.389. The molecule has 0 aliphatic heterocycles. The number of hydrogen-bond donors (Lipinski definition) is 2. The maximum atomic E-state index is 11.1. The lowest BCUT2D eigenvalue weighted by Crippen LogP contribution is -2.05. The molecular weight excluding hydrogens is 380 g/mol. The van der Waals surface area contributed by atoms with E-state index in [2.05, 4.69) is 42.1 Å². The fraction of sp³-hybridized carbons (Fsp3) is 0.167. The molecule has 2 aromatic rings. The number of nitrogens with zero attached hydrogens (tertiary/aromatic N) is 1. The van der Waals surface area contributed by atoms with Crippen LogP contribution in [0.4, 0.5) is 0 Å². The first-order chi connectivity index (χ1) is 8.99. The smallest absolute Gasteiger partial charge is 0.339 e. The topological polar surface area (TPSA) is 75.2 Å². The van der Waals surface area contributed by atoms with Gasteiger partial charge in [-0.15, -0.1) is 0 Å². The zero-order valence-electron chi connectivity index (χ0n) is 9.91. The molecule has 0 fully saturated rings. The summed E-state index contributed by atoms with van der Waals surface area (Å²) in [5.41, 5.74) is 1.05. The Hall–Kier alpha value is -1.34. The third kappa shape index (κ3) is 3.16. The lowest BCUT2D eigenvalue weighted by molar-refractivity contribution is 0.0693. The Labute approximate surface area is 126 Å². The van der Waals surface area contributed by atoms with E-state index >= 15 is 0 Å². The molecule has 0 amide bonds. The number of aromatic nitrogens is 2. The Balaban J connectivity index is 2.17. The van der Waals surface area contributed by atoms with E-state index in [-0.39, 0.29) is 12.2 Å². The van der Waals surface area contributed by atoms with E-state index in [0.29, 0.717) is 17.1 Å². The Bertz CT molecular complexity index is 625. The number of carbonyl (C=O) groups is 1. The number of aromatic carboxylic acids is 1. The van der Waals surface area contributed by atoms with Crippen molar-refractivity contribution in [3.05, 3.63) is 44.1 Å². The highest BCUT2D eigenvalue weighted by molar-refractivity contribution is 9.11. The van der Waals surface area contributed by atoms with Crippen molar-refractivity contribution in [3.8, 4) is 5.75 Å². The van der Waals surface area contributed by atoms with Crippen molar-refractivity contribution in [1.82, 2.24) is 10.2 Å².